The van der Waals surface area contributed by atoms with Crippen LogP contribution in [0.25, 0.3) is 0 Å². The number of nitrogens with zero attached hydrogens (tertiary/aromatic N) is 2. The zero-order valence-electron chi connectivity index (χ0n) is 10.4. The molecule has 0 radical (unpaired) electrons. The van der Waals surface area contributed by atoms with Crippen LogP contribution in [0.3, 0.4) is 0 Å². The van der Waals surface area contributed by atoms with Gasteiger partial charge in [0, 0.05) is 6.04 Å². The molecule has 0 bridgehead atoms. The van der Waals surface area contributed by atoms with Gasteiger partial charge < -0.3 is 5.32 Å². The van der Waals surface area contributed by atoms with Crippen LogP contribution in [0, 0.1) is 13.8 Å². The van der Waals surface area contributed by atoms with Gasteiger partial charge in [0.15, 0.2) is 0 Å². The van der Waals surface area contributed by atoms with Crippen LogP contribution < -0.4 is 5.32 Å². The van der Waals surface area contributed by atoms with Crippen molar-refractivity contribution in [1.82, 2.24) is 9.97 Å². The first kappa shape index (κ1) is 11.6. The topological polar surface area (TPSA) is 37.8 Å². The number of benzene rings is 1. The van der Waals surface area contributed by atoms with E-state index in [2.05, 4.69) is 54.3 Å². The van der Waals surface area contributed by atoms with Crippen molar-refractivity contribution in [2.24, 2.45) is 0 Å². The number of aryl methyl sites for hydroxylation is 2. The summed E-state index contributed by atoms with van der Waals surface area (Å²) in [5.41, 5.74) is 4.81. The summed E-state index contributed by atoms with van der Waals surface area (Å²) in [5, 5.41) is 3.39. The van der Waals surface area contributed by atoms with Gasteiger partial charge in [-0.15, -0.1) is 0 Å². The van der Waals surface area contributed by atoms with Crippen LogP contribution >= 0.6 is 0 Å². The highest BCUT2D eigenvalue weighted by Gasteiger charge is 2.06. The molecule has 0 saturated carbocycles. The van der Waals surface area contributed by atoms with Gasteiger partial charge in [-0.05, 0) is 26.3 Å². The lowest BCUT2D eigenvalue weighted by molar-refractivity contribution is 0.876. The first-order valence-corrected chi connectivity index (χ1v) is 5.75. The van der Waals surface area contributed by atoms with Crippen molar-refractivity contribution in [3.8, 4) is 0 Å². The van der Waals surface area contributed by atoms with E-state index in [1.54, 1.807) is 12.4 Å². The Morgan fingerprint density at radius 1 is 1.00 bits per heavy atom. The number of rotatable bonds is 3. The van der Waals surface area contributed by atoms with Crippen LogP contribution in [0.15, 0.2) is 36.9 Å². The number of hydrogen-bond donors (Lipinski definition) is 1. The predicted octanol–water partition coefficient (Wildman–Crippen LogP) is 3.27. The van der Waals surface area contributed by atoms with E-state index in [-0.39, 0.29) is 6.04 Å². The van der Waals surface area contributed by atoms with Gasteiger partial charge in [-0.3, -0.25) is 0 Å². The molecule has 3 nitrogen and oxygen atoms in total. The highest BCUT2D eigenvalue weighted by atomic mass is 15.0. The van der Waals surface area contributed by atoms with Crippen LogP contribution in [0.2, 0.25) is 0 Å². The average molecular weight is 227 g/mol. The fourth-order valence-electron chi connectivity index (χ4n) is 1.97. The average Bonchev–Trinajstić information content (AvgIpc) is 2.29. The van der Waals surface area contributed by atoms with E-state index in [0.29, 0.717) is 0 Å². The van der Waals surface area contributed by atoms with Gasteiger partial charge in [-0.2, -0.15) is 0 Å². The molecule has 2 aromatic rings. The third-order valence-electron chi connectivity index (χ3n) is 2.69. The second-order valence-electron chi connectivity index (χ2n) is 4.41. The number of aromatic nitrogens is 2. The van der Waals surface area contributed by atoms with Gasteiger partial charge in [0.1, 0.15) is 6.33 Å². The lowest BCUT2D eigenvalue weighted by atomic mass is 10.0. The molecule has 0 aliphatic heterocycles. The zero-order chi connectivity index (χ0) is 12.3. The molecule has 0 amide bonds. The summed E-state index contributed by atoms with van der Waals surface area (Å²) >= 11 is 0. The van der Waals surface area contributed by atoms with Crippen LogP contribution in [0.1, 0.15) is 29.7 Å². The summed E-state index contributed by atoms with van der Waals surface area (Å²) in [6, 6.07) is 6.84. The molecule has 0 aliphatic rings. The second-order valence-corrected chi connectivity index (χ2v) is 4.41. The molecule has 1 aromatic heterocycles. The van der Waals surface area contributed by atoms with E-state index in [1.807, 2.05) is 0 Å². The van der Waals surface area contributed by atoms with Crippen molar-refractivity contribution >= 4 is 5.69 Å². The molecule has 2 rings (SSSR count). The van der Waals surface area contributed by atoms with Gasteiger partial charge in [-0.25, -0.2) is 9.97 Å². The van der Waals surface area contributed by atoms with E-state index in [1.165, 1.54) is 23.0 Å². The third kappa shape index (κ3) is 3.03. The molecule has 0 saturated heterocycles. The summed E-state index contributed by atoms with van der Waals surface area (Å²) in [6.45, 7) is 6.38. The molecule has 3 heteroatoms. The van der Waals surface area contributed by atoms with E-state index in [0.717, 1.165) is 5.69 Å². The Labute approximate surface area is 102 Å². The predicted molar refractivity (Wildman–Crippen MR) is 70.0 cm³/mol. The molecule has 88 valence electrons. The largest absolute Gasteiger partial charge is 0.376 e. The van der Waals surface area contributed by atoms with E-state index in [4.69, 9.17) is 0 Å². The Hall–Kier alpha value is -1.90. The normalized spacial score (nSPS) is 12.2. The van der Waals surface area contributed by atoms with Crippen molar-refractivity contribution in [1.29, 1.82) is 0 Å². The maximum Gasteiger partial charge on any atom is 0.115 e. The van der Waals surface area contributed by atoms with Crippen molar-refractivity contribution in [2.75, 3.05) is 5.32 Å². The van der Waals surface area contributed by atoms with Crippen LogP contribution in [-0.2, 0) is 0 Å². The lowest BCUT2D eigenvalue weighted by Crippen LogP contribution is -2.07. The number of nitrogens with one attached hydrogen (secondary N) is 1. The number of hydrogen-bond acceptors (Lipinski definition) is 3. The smallest absolute Gasteiger partial charge is 0.115 e. The highest BCUT2D eigenvalue weighted by molar-refractivity contribution is 5.42. The summed E-state index contributed by atoms with van der Waals surface area (Å²) in [5.74, 6) is 0. The SMILES string of the molecule is Cc1cc(C)cc(C(C)Nc2cncnc2)c1. The van der Waals surface area contributed by atoms with Gasteiger partial charge in [0.05, 0.1) is 18.1 Å². The van der Waals surface area contributed by atoms with E-state index < -0.39 is 0 Å². The van der Waals surface area contributed by atoms with Crippen molar-refractivity contribution in [2.45, 2.75) is 26.8 Å². The quantitative estimate of drug-likeness (QED) is 0.874. The third-order valence-corrected chi connectivity index (χ3v) is 2.69. The molecule has 17 heavy (non-hydrogen) atoms. The van der Waals surface area contributed by atoms with Crippen molar-refractivity contribution in [3.63, 3.8) is 0 Å². The van der Waals surface area contributed by atoms with Gasteiger partial charge >= 0.3 is 0 Å². The Morgan fingerprint density at radius 3 is 2.18 bits per heavy atom. The molecular formula is C14H17N3. The fourth-order valence-corrected chi connectivity index (χ4v) is 1.97. The summed E-state index contributed by atoms with van der Waals surface area (Å²) in [4.78, 5) is 7.99. The highest BCUT2D eigenvalue weighted by Crippen LogP contribution is 2.20. The summed E-state index contributed by atoms with van der Waals surface area (Å²) in [7, 11) is 0. The van der Waals surface area contributed by atoms with Crippen LogP contribution in [0.4, 0.5) is 5.69 Å². The Bertz CT molecular complexity index is 474. The monoisotopic (exact) mass is 227 g/mol. The lowest BCUT2D eigenvalue weighted by Gasteiger charge is -2.16. The minimum Gasteiger partial charge on any atom is -0.376 e. The molecule has 0 fully saturated rings. The zero-order valence-corrected chi connectivity index (χ0v) is 10.4. The molecule has 1 unspecified atom stereocenters. The minimum absolute atomic E-state index is 0.250. The Morgan fingerprint density at radius 2 is 1.59 bits per heavy atom. The van der Waals surface area contributed by atoms with Gasteiger partial charge in [0.2, 0.25) is 0 Å². The molecule has 1 aromatic carbocycles. The van der Waals surface area contributed by atoms with Crippen molar-refractivity contribution in [3.05, 3.63) is 53.6 Å². The molecule has 1 atom stereocenters. The molecule has 0 aliphatic carbocycles. The first-order valence-electron chi connectivity index (χ1n) is 5.75. The van der Waals surface area contributed by atoms with Crippen LogP contribution in [-0.4, -0.2) is 9.97 Å². The summed E-state index contributed by atoms with van der Waals surface area (Å²) in [6.07, 6.45) is 5.10. The van der Waals surface area contributed by atoms with Gasteiger partial charge in [0.25, 0.3) is 0 Å². The molecule has 1 heterocycles. The molecular weight excluding hydrogens is 210 g/mol. The maximum atomic E-state index is 3.99. The van der Waals surface area contributed by atoms with E-state index in [9.17, 15) is 0 Å². The second kappa shape index (κ2) is 4.95. The van der Waals surface area contributed by atoms with Crippen molar-refractivity contribution < 1.29 is 0 Å². The molecule has 1 N–H and O–H groups in total. The van der Waals surface area contributed by atoms with Gasteiger partial charge in [-0.1, -0.05) is 29.3 Å². The minimum atomic E-state index is 0.250. The van der Waals surface area contributed by atoms with E-state index >= 15 is 0 Å². The maximum absolute atomic E-state index is 3.99. The number of anilines is 1. The standard InChI is InChI=1S/C14H17N3/c1-10-4-11(2)6-13(5-10)12(3)17-14-7-15-9-16-8-14/h4-9,12,17H,1-3H3. The first-order chi connectivity index (χ1) is 8.15. The Kier molecular flexibility index (Phi) is 3.38. The Balaban J connectivity index is 2.17. The summed E-state index contributed by atoms with van der Waals surface area (Å²) < 4.78 is 0. The van der Waals surface area contributed by atoms with Crippen LogP contribution in [0.5, 0.6) is 0 Å². The molecule has 0 spiro atoms. The fraction of sp³-hybridized carbons (Fsp3) is 0.286.